The van der Waals surface area contributed by atoms with Crippen molar-refractivity contribution in [3.63, 3.8) is 0 Å². The maximum absolute atomic E-state index is 14.9. The van der Waals surface area contributed by atoms with Crippen LogP contribution in [-0.4, -0.2) is 45.1 Å². The fourth-order valence-electron chi connectivity index (χ4n) is 4.28. The van der Waals surface area contributed by atoms with Gasteiger partial charge in [0.25, 0.3) is 0 Å². The summed E-state index contributed by atoms with van der Waals surface area (Å²) < 4.78 is 21.6. The molecule has 1 fully saturated rings. The number of nitrogens with one attached hydrogen (secondary N) is 1. The predicted octanol–water partition coefficient (Wildman–Crippen LogP) is 5.24. The number of halogens is 1. The van der Waals surface area contributed by atoms with Crippen molar-refractivity contribution in [1.29, 1.82) is 0 Å². The molecule has 4 atom stereocenters. The van der Waals surface area contributed by atoms with Crippen molar-refractivity contribution in [2.24, 2.45) is 5.92 Å². The molecule has 0 aliphatic carbocycles. The number of Topliss-reactive ketones (excluding diaryl/α,β-unsaturated/α-hetero) is 1. The minimum Gasteiger partial charge on any atom is -0.370 e. The molecule has 1 aromatic heterocycles. The van der Waals surface area contributed by atoms with Gasteiger partial charge >= 0.3 is 5.69 Å². The molecule has 0 bridgehead atoms. The van der Waals surface area contributed by atoms with Crippen LogP contribution in [0.4, 0.5) is 4.39 Å². The van der Waals surface area contributed by atoms with Gasteiger partial charge in [-0.2, -0.15) is 12.6 Å². The highest BCUT2D eigenvalue weighted by molar-refractivity contribution is 7.80. The molecule has 1 aromatic rings. The maximum Gasteiger partial charge on any atom is 0.328 e. The molecule has 6 nitrogen and oxygen atoms in total. The highest BCUT2D eigenvalue weighted by Gasteiger charge is 2.45. The molecule has 2 heterocycles. The third-order valence-electron chi connectivity index (χ3n) is 6.39. The predicted molar refractivity (Wildman–Crippen MR) is 134 cm³/mol. The van der Waals surface area contributed by atoms with Gasteiger partial charge in [-0.25, -0.2) is 9.18 Å². The summed E-state index contributed by atoms with van der Waals surface area (Å²) in [6, 6.07) is 0. The summed E-state index contributed by atoms with van der Waals surface area (Å²) in [6.07, 6.45) is 10.1. The summed E-state index contributed by atoms with van der Waals surface area (Å²) >= 11 is 9.22. The number of aliphatic hydroxyl groups is 1. The maximum atomic E-state index is 14.9. The van der Waals surface area contributed by atoms with Crippen LogP contribution in [0, 0.1) is 17.5 Å². The standard InChI is InChI=1S/C24H39FN2O4S2/c1-17-15-27(24(30)26-22(17)33)23(29)21-20(25)18(16-31-21)19(28)13-11-9-7-5-3-2-4-6-8-10-12-14-32/h15,18,20-21,23,29,32H,2-14,16H2,1H3,(H,26,30,33)/t18-,20-,21-,23?/m0/s1. The number of aryl methyl sites for hydroxylation is 1. The van der Waals surface area contributed by atoms with Crippen LogP contribution in [0.1, 0.15) is 88.8 Å². The fraction of sp³-hybridized carbons (Fsp3) is 0.792. The van der Waals surface area contributed by atoms with Crippen molar-refractivity contribution in [3.05, 3.63) is 26.9 Å². The first-order valence-electron chi connectivity index (χ1n) is 12.3. The Morgan fingerprint density at radius 1 is 1.18 bits per heavy atom. The number of H-pyrrole nitrogens is 1. The number of aromatic nitrogens is 2. The Morgan fingerprint density at radius 2 is 1.73 bits per heavy atom. The van der Waals surface area contributed by atoms with Gasteiger partial charge in [-0.3, -0.25) is 14.3 Å². The molecule has 0 radical (unpaired) electrons. The number of hydrogen-bond donors (Lipinski definition) is 3. The number of aromatic amines is 1. The van der Waals surface area contributed by atoms with Crippen LogP contribution in [-0.2, 0) is 9.53 Å². The van der Waals surface area contributed by atoms with Gasteiger partial charge in [0, 0.05) is 18.2 Å². The third-order valence-corrected chi connectivity index (χ3v) is 7.13. The van der Waals surface area contributed by atoms with Crippen LogP contribution in [0.2, 0.25) is 0 Å². The quantitative estimate of drug-likeness (QED) is 0.164. The number of ketones is 1. The molecule has 1 aliphatic rings. The van der Waals surface area contributed by atoms with E-state index in [1.54, 1.807) is 6.92 Å². The summed E-state index contributed by atoms with van der Waals surface area (Å²) in [7, 11) is 0. The Balaban J connectivity index is 1.65. The highest BCUT2D eigenvalue weighted by atomic mass is 32.1. The number of carbonyl (C=O) groups is 1. The van der Waals surface area contributed by atoms with Crippen LogP contribution in [0.25, 0.3) is 0 Å². The van der Waals surface area contributed by atoms with Gasteiger partial charge in [0.2, 0.25) is 0 Å². The molecule has 1 saturated heterocycles. The van der Waals surface area contributed by atoms with E-state index in [2.05, 4.69) is 17.6 Å². The van der Waals surface area contributed by atoms with Crippen LogP contribution in [0.5, 0.6) is 0 Å². The van der Waals surface area contributed by atoms with Crippen molar-refractivity contribution in [3.8, 4) is 0 Å². The summed E-state index contributed by atoms with van der Waals surface area (Å²) in [4.78, 5) is 27.0. The molecular weight excluding hydrogens is 463 g/mol. The summed E-state index contributed by atoms with van der Waals surface area (Å²) in [5, 5.41) is 10.5. The van der Waals surface area contributed by atoms with Gasteiger partial charge in [-0.05, 0) is 25.5 Å². The lowest BCUT2D eigenvalue weighted by Crippen LogP contribution is -2.39. The minimum atomic E-state index is -1.66. The zero-order valence-corrected chi connectivity index (χ0v) is 21.3. The molecule has 1 unspecified atom stereocenters. The van der Waals surface area contributed by atoms with E-state index in [0.29, 0.717) is 12.0 Å². The first-order chi connectivity index (χ1) is 15.9. The van der Waals surface area contributed by atoms with E-state index >= 15 is 0 Å². The molecule has 9 heteroatoms. The van der Waals surface area contributed by atoms with Crippen LogP contribution < -0.4 is 5.69 Å². The fourth-order valence-corrected chi connectivity index (χ4v) is 4.64. The van der Waals surface area contributed by atoms with E-state index < -0.39 is 30.1 Å². The summed E-state index contributed by atoms with van der Waals surface area (Å²) in [5.41, 5.74) is -0.0638. The van der Waals surface area contributed by atoms with Gasteiger partial charge in [-0.15, -0.1) is 0 Å². The third kappa shape index (κ3) is 8.92. The minimum absolute atomic E-state index is 0.0771. The number of unbranched alkanes of at least 4 members (excludes halogenated alkanes) is 10. The summed E-state index contributed by atoms with van der Waals surface area (Å²) in [5.74, 6) is -0.0878. The molecule has 0 saturated carbocycles. The number of alkyl halides is 1. The van der Waals surface area contributed by atoms with Crippen molar-refractivity contribution < 1.29 is 19.0 Å². The average molecular weight is 503 g/mol. The van der Waals surface area contributed by atoms with Gasteiger partial charge in [0.05, 0.1) is 12.5 Å². The monoisotopic (exact) mass is 502 g/mol. The lowest BCUT2D eigenvalue weighted by atomic mass is 9.94. The normalized spacial score (nSPS) is 21.4. The largest absolute Gasteiger partial charge is 0.370 e. The Bertz CT molecular complexity index is 844. The lowest BCUT2D eigenvalue weighted by Gasteiger charge is -2.22. The molecule has 0 spiro atoms. The molecule has 1 aliphatic heterocycles. The van der Waals surface area contributed by atoms with E-state index in [0.717, 1.165) is 29.6 Å². The van der Waals surface area contributed by atoms with Crippen LogP contribution in [0.15, 0.2) is 11.0 Å². The average Bonchev–Trinajstić information content (AvgIpc) is 3.17. The molecule has 2 N–H and O–H groups in total. The lowest BCUT2D eigenvalue weighted by molar-refractivity contribution is -0.124. The van der Waals surface area contributed by atoms with Gasteiger partial charge in [0.15, 0.2) is 6.23 Å². The van der Waals surface area contributed by atoms with Gasteiger partial charge in [0.1, 0.15) is 22.7 Å². The zero-order valence-electron chi connectivity index (χ0n) is 19.6. The van der Waals surface area contributed by atoms with Crippen LogP contribution >= 0.6 is 24.8 Å². The number of ether oxygens (including phenoxy) is 1. The van der Waals surface area contributed by atoms with E-state index in [-0.39, 0.29) is 17.0 Å². The number of nitrogens with zero attached hydrogens (tertiary/aromatic N) is 1. The van der Waals surface area contributed by atoms with Crippen molar-refractivity contribution in [1.82, 2.24) is 9.55 Å². The first-order valence-corrected chi connectivity index (χ1v) is 13.3. The van der Waals surface area contributed by atoms with E-state index in [9.17, 15) is 19.1 Å². The zero-order chi connectivity index (χ0) is 24.2. The molecule has 2 rings (SSSR count). The van der Waals surface area contributed by atoms with E-state index in [1.807, 2.05) is 0 Å². The molecule has 33 heavy (non-hydrogen) atoms. The number of aliphatic hydroxyl groups excluding tert-OH is 1. The van der Waals surface area contributed by atoms with Gasteiger partial charge < -0.3 is 9.84 Å². The van der Waals surface area contributed by atoms with E-state index in [4.69, 9.17) is 17.0 Å². The second kappa shape index (κ2) is 15.1. The van der Waals surface area contributed by atoms with Gasteiger partial charge in [-0.1, -0.05) is 70.0 Å². The molecule has 0 amide bonds. The Labute approximate surface area is 206 Å². The van der Waals surface area contributed by atoms with E-state index in [1.165, 1.54) is 57.6 Å². The number of thiol groups is 1. The second-order valence-electron chi connectivity index (χ2n) is 9.07. The molecule has 0 aromatic carbocycles. The Morgan fingerprint density at radius 3 is 2.30 bits per heavy atom. The van der Waals surface area contributed by atoms with Crippen molar-refractivity contribution in [2.75, 3.05) is 12.4 Å². The first kappa shape index (κ1) is 28.2. The Hall–Kier alpha value is -1.03. The van der Waals surface area contributed by atoms with Crippen molar-refractivity contribution in [2.45, 2.75) is 102 Å². The highest BCUT2D eigenvalue weighted by Crippen LogP contribution is 2.31. The SMILES string of the molecule is Cc1cn(C(O)[C@H]2OC[C@@H](C(=O)CCCCCCCCCCCCCS)[C@@H]2F)c(=O)[nH]c1=S. The van der Waals surface area contributed by atoms with Crippen LogP contribution in [0.3, 0.4) is 0 Å². The number of carbonyl (C=O) groups excluding carboxylic acids is 1. The van der Waals surface area contributed by atoms with Crippen molar-refractivity contribution >= 4 is 30.6 Å². The molecule has 188 valence electrons. The molecular formula is C24H39FN2O4S2. The second-order valence-corrected chi connectivity index (χ2v) is 9.93. The smallest absolute Gasteiger partial charge is 0.328 e. The number of rotatable bonds is 16. The topological polar surface area (TPSA) is 84.3 Å². The number of hydrogen-bond acceptors (Lipinski definition) is 6. The Kier molecular flexibility index (Phi) is 12.9. The summed E-state index contributed by atoms with van der Waals surface area (Å²) in [6.45, 7) is 1.61.